The lowest BCUT2D eigenvalue weighted by Crippen LogP contribution is -2.07. The molecule has 0 bridgehead atoms. The van der Waals surface area contributed by atoms with E-state index >= 15 is 0 Å². The van der Waals surface area contributed by atoms with Crippen LogP contribution in [0.1, 0.15) is 20.7 Å². The summed E-state index contributed by atoms with van der Waals surface area (Å²) in [4.78, 5) is 34.0. The summed E-state index contributed by atoms with van der Waals surface area (Å²) < 4.78 is 14.7. The third-order valence-corrected chi connectivity index (χ3v) is 3.33. The van der Waals surface area contributed by atoms with Crippen LogP contribution in [-0.2, 0) is 9.47 Å². The Morgan fingerprint density at radius 1 is 1.00 bits per heavy atom. The standard InChI is InChI=1S/C16H12ClNO7/c1-23-15(19)9-5-10(16(20)24-2)7-12(6-9)25-14-4-3-11(17)8-13(14)18(21)22/h3-8H,1-2H3. The molecule has 9 heteroatoms. The highest BCUT2D eigenvalue weighted by Gasteiger charge is 2.19. The predicted molar refractivity (Wildman–Crippen MR) is 87.3 cm³/mol. The van der Waals surface area contributed by atoms with Crippen molar-refractivity contribution in [2.45, 2.75) is 0 Å². The summed E-state index contributed by atoms with van der Waals surface area (Å²) in [6.45, 7) is 0. The van der Waals surface area contributed by atoms with Crippen LogP contribution in [-0.4, -0.2) is 31.1 Å². The molecule has 0 amide bonds. The number of carbonyl (C=O) groups excluding carboxylic acids is 2. The molecule has 0 heterocycles. The van der Waals surface area contributed by atoms with Gasteiger partial charge in [0.1, 0.15) is 5.75 Å². The molecule has 0 fully saturated rings. The number of hydrogen-bond acceptors (Lipinski definition) is 7. The van der Waals surface area contributed by atoms with Crippen LogP contribution >= 0.6 is 11.6 Å². The summed E-state index contributed by atoms with van der Waals surface area (Å²) in [5, 5.41) is 11.3. The first-order valence-corrected chi connectivity index (χ1v) is 7.17. The zero-order valence-corrected chi connectivity index (χ0v) is 13.9. The molecule has 0 N–H and O–H groups in total. The van der Waals surface area contributed by atoms with Crippen molar-refractivity contribution in [2.24, 2.45) is 0 Å². The van der Waals surface area contributed by atoms with E-state index in [0.29, 0.717) is 0 Å². The molecule has 0 aliphatic carbocycles. The molecule has 0 saturated heterocycles. The fourth-order valence-corrected chi connectivity index (χ4v) is 2.14. The normalized spacial score (nSPS) is 10.0. The number of nitro benzene ring substituents is 1. The molecular weight excluding hydrogens is 354 g/mol. The SMILES string of the molecule is COC(=O)c1cc(Oc2ccc(Cl)cc2[N+](=O)[O-])cc(C(=O)OC)c1. The van der Waals surface area contributed by atoms with Crippen LogP contribution in [0.2, 0.25) is 5.02 Å². The van der Waals surface area contributed by atoms with Crippen molar-refractivity contribution in [3.05, 3.63) is 62.7 Å². The minimum atomic E-state index is -0.707. The first-order chi connectivity index (χ1) is 11.8. The minimum absolute atomic E-state index is 0.0220. The topological polar surface area (TPSA) is 105 Å². The molecular formula is C16H12ClNO7. The molecule has 0 aliphatic heterocycles. The van der Waals surface area contributed by atoms with Gasteiger partial charge in [-0.1, -0.05) is 11.6 Å². The Morgan fingerprint density at radius 2 is 1.56 bits per heavy atom. The number of esters is 2. The lowest BCUT2D eigenvalue weighted by Gasteiger charge is -2.10. The lowest BCUT2D eigenvalue weighted by molar-refractivity contribution is -0.385. The number of carbonyl (C=O) groups is 2. The van der Waals surface area contributed by atoms with E-state index in [0.717, 1.165) is 6.07 Å². The Balaban J connectivity index is 2.50. The molecule has 0 unspecified atom stereocenters. The van der Waals surface area contributed by atoms with Crippen LogP contribution in [0.15, 0.2) is 36.4 Å². The maximum Gasteiger partial charge on any atom is 0.338 e. The van der Waals surface area contributed by atoms with E-state index in [4.69, 9.17) is 16.3 Å². The molecule has 25 heavy (non-hydrogen) atoms. The molecule has 2 aromatic rings. The van der Waals surface area contributed by atoms with Gasteiger partial charge in [-0.05, 0) is 30.3 Å². The molecule has 2 rings (SSSR count). The van der Waals surface area contributed by atoms with Gasteiger partial charge >= 0.3 is 17.6 Å². The average molecular weight is 366 g/mol. The van der Waals surface area contributed by atoms with Gasteiger partial charge in [0.05, 0.1) is 30.3 Å². The highest BCUT2D eigenvalue weighted by Crippen LogP contribution is 2.34. The van der Waals surface area contributed by atoms with Gasteiger partial charge in [0.2, 0.25) is 5.75 Å². The number of rotatable bonds is 5. The number of methoxy groups -OCH3 is 2. The third kappa shape index (κ3) is 4.24. The molecule has 2 aromatic carbocycles. The number of hydrogen-bond donors (Lipinski definition) is 0. The van der Waals surface area contributed by atoms with Crippen LogP contribution in [0.5, 0.6) is 11.5 Å². The highest BCUT2D eigenvalue weighted by molar-refractivity contribution is 6.30. The summed E-state index contributed by atoms with van der Waals surface area (Å²) in [5.74, 6) is -1.50. The quantitative estimate of drug-likeness (QED) is 0.452. The predicted octanol–water partition coefficient (Wildman–Crippen LogP) is 3.61. The van der Waals surface area contributed by atoms with Gasteiger partial charge in [0.25, 0.3) is 0 Å². The molecule has 130 valence electrons. The first-order valence-electron chi connectivity index (χ1n) is 6.79. The van der Waals surface area contributed by atoms with E-state index in [1.165, 1.54) is 44.6 Å². The van der Waals surface area contributed by atoms with Crippen molar-refractivity contribution < 1.29 is 28.7 Å². The number of nitrogens with zero attached hydrogens (tertiary/aromatic N) is 1. The van der Waals surface area contributed by atoms with Crippen LogP contribution in [0.4, 0.5) is 5.69 Å². The van der Waals surface area contributed by atoms with E-state index in [1.54, 1.807) is 0 Å². The zero-order chi connectivity index (χ0) is 18.6. The molecule has 0 saturated carbocycles. The number of halogens is 1. The van der Waals surface area contributed by atoms with Crippen molar-refractivity contribution in [2.75, 3.05) is 14.2 Å². The van der Waals surface area contributed by atoms with Crippen LogP contribution in [0, 0.1) is 10.1 Å². The van der Waals surface area contributed by atoms with Crippen molar-refractivity contribution in [1.29, 1.82) is 0 Å². The van der Waals surface area contributed by atoms with Crippen LogP contribution < -0.4 is 4.74 Å². The smallest absolute Gasteiger partial charge is 0.338 e. The van der Waals surface area contributed by atoms with Crippen molar-refractivity contribution >= 4 is 29.2 Å². The fourth-order valence-electron chi connectivity index (χ4n) is 1.98. The van der Waals surface area contributed by atoms with E-state index in [9.17, 15) is 19.7 Å². The van der Waals surface area contributed by atoms with E-state index in [1.807, 2.05) is 0 Å². The highest BCUT2D eigenvalue weighted by atomic mass is 35.5. The van der Waals surface area contributed by atoms with Gasteiger partial charge in [-0.15, -0.1) is 0 Å². The van der Waals surface area contributed by atoms with Gasteiger partial charge in [-0.2, -0.15) is 0 Å². The van der Waals surface area contributed by atoms with Crippen LogP contribution in [0.25, 0.3) is 0 Å². The minimum Gasteiger partial charge on any atom is -0.465 e. The van der Waals surface area contributed by atoms with Gasteiger partial charge < -0.3 is 14.2 Å². The maximum absolute atomic E-state index is 11.7. The molecule has 8 nitrogen and oxygen atoms in total. The third-order valence-electron chi connectivity index (χ3n) is 3.09. The number of ether oxygens (including phenoxy) is 3. The monoisotopic (exact) mass is 365 g/mol. The Hall–Kier alpha value is -3.13. The van der Waals surface area contributed by atoms with E-state index in [-0.39, 0.29) is 33.3 Å². The van der Waals surface area contributed by atoms with Gasteiger partial charge in [-0.25, -0.2) is 9.59 Å². The fraction of sp³-hybridized carbons (Fsp3) is 0.125. The zero-order valence-electron chi connectivity index (χ0n) is 13.1. The largest absolute Gasteiger partial charge is 0.465 e. The second-order valence-corrected chi connectivity index (χ2v) is 5.14. The Labute approximate surface area is 147 Å². The maximum atomic E-state index is 11.7. The summed E-state index contributed by atoms with van der Waals surface area (Å²) in [6.07, 6.45) is 0. The average Bonchev–Trinajstić information content (AvgIpc) is 2.61. The molecule has 0 atom stereocenters. The summed E-state index contributed by atoms with van der Waals surface area (Å²) >= 11 is 5.75. The number of nitro groups is 1. The summed E-state index contributed by atoms with van der Waals surface area (Å²) in [6, 6.07) is 7.69. The lowest BCUT2D eigenvalue weighted by atomic mass is 10.1. The van der Waals surface area contributed by atoms with Crippen molar-refractivity contribution in [3.63, 3.8) is 0 Å². The van der Waals surface area contributed by atoms with Crippen molar-refractivity contribution in [3.8, 4) is 11.5 Å². The Morgan fingerprint density at radius 3 is 2.04 bits per heavy atom. The number of benzene rings is 2. The summed E-state index contributed by atoms with van der Waals surface area (Å²) in [7, 11) is 2.36. The van der Waals surface area contributed by atoms with E-state index < -0.39 is 16.9 Å². The van der Waals surface area contributed by atoms with E-state index in [2.05, 4.69) is 9.47 Å². The molecule has 0 aliphatic rings. The summed E-state index contributed by atoms with van der Waals surface area (Å²) in [5.41, 5.74) is -0.315. The van der Waals surface area contributed by atoms with Crippen LogP contribution in [0.3, 0.4) is 0 Å². The van der Waals surface area contributed by atoms with Gasteiger partial charge in [-0.3, -0.25) is 10.1 Å². The molecule has 0 spiro atoms. The second-order valence-electron chi connectivity index (χ2n) is 4.70. The van der Waals surface area contributed by atoms with Gasteiger partial charge in [0, 0.05) is 11.1 Å². The Kier molecular flexibility index (Phi) is 5.56. The Bertz CT molecular complexity index is 816. The molecule has 0 aromatic heterocycles. The molecule has 0 radical (unpaired) electrons. The first kappa shape index (κ1) is 18.2. The van der Waals surface area contributed by atoms with Crippen molar-refractivity contribution in [1.82, 2.24) is 0 Å². The van der Waals surface area contributed by atoms with Gasteiger partial charge in [0.15, 0.2) is 0 Å². The second kappa shape index (κ2) is 7.63.